The van der Waals surface area contributed by atoms with Crippen LogP contribution in [0.4, 0.5) is 4.79 Å². The number of ether oxygens (including phenoxy) is 2. The molecule has 3 atom stereocenters. The molecule has 7 heteroatoms. The summed E-state index contributed by atoms with van der Waals surface area (Å²) in [7, 11) is -1.88. The number of hydrogen-bond acceptors (Lipinski definition) is 5. The molecule has 0 aliphatic carbocycles. The summed E-state index contributed by atoms with van der Waals surface area (Å²) in [4.78, 5) is 14.6. The van der Waals surface area contributed by atoms with Crippen LogP contribution in [0.3, 0.4) is 0 Å². The van der Waals surface area contributed by atoms with E-state index in [0.717, 1.165) is 12.8 Å². The molecular formula is C19H27NO5S. The zero-order valence-corrected chi connectivity index (χ0v) is 16.6. The largest absolute Gasteiger partial charge is 0.497 e. The van der Waals surface area contributed by atoms with Crippen LogP contribution in [0.15, 0.2) is 29.2 Å². The molecule has 0 aromatic heterocycles. The van der Waals surface area contributed by atoms with Gasteiger partial charge in [-0.25, -0.2) is 13.2 Å². The summed E-state index contributed by atoms with van der Waals surface area (Å²) in [5, 5.41) is -0.466. The Morgan fingerprint density at radius 3 is 2.08 bits per heavy atom. The molecule has 1 amide bonds. The number of methoxy groups -OCH3 is 1. The maximum absolute atomic E-state index is 13.0. The Kier molecular flexibility index (Phi) is 4.94. The number of nitrogens with zero attached hydrogens (tertiary/aromatic N) is 1. The molecule has 6 nitrogen and oxygen atoms in total. The summed E-state index contributed by atoms with van der Waals surface area (Å²) in [6.45, 7) is 5.52. The van der Waals surface area contributed by atoms with E-state index in [1.54, 1.807) is 36.3 Å². The van der Waals surface area contributed by atoms with E-state index in [1.807, 2.05) is 20.8 Å². The zero-order valence-electron chi connectivity index (χ0n) is 15.8. The van der Waals surface area contributed by atoms with Crippen molar-refractivity contribution in [1.29, 1.82) is 0 Å². The number of carbonyl (C=O) groups is 1. The van der Waals surface area contributed by atoms with Crippen molar-refractivity contribution in [1.82, 2.24) is 4.90 Å². The Balaban J connectivity index is 1.76. The van der Waals surface area contributed by atoms with E-state index in [4.69, 9.17) is 9.47 Å². The molecule has 0 spiro atoms. The summed E-state index contributed by atoms with van der Waals surface area (Å²) in [5.41, 5.74) is -0.553. The second kappa shape index (κ2) is 6.76. The molecule has 1 aromatic carbocycles. The average Bonchev–Trinajstić information content (AvgIpc) is 2.83. The number of hydrogen-bond donors (Lipinski definition) is 0. The topological polar surface area (TPSA) is 72.9 Å². The minimum atomic E-state index is -3.43. The minimum Gasteiger partial charge on any atom is -0.497 e. The third-order valence-electron chi connectivity index (χ3n) is 5.12. The van der Waals surface area contributed by atoms with Gasteiger partial charge in [0, 0.05) is 12.1 Å². The Hall–Kier alpha value is -1.76. The Morgan fingerprint density at radius 1 is 1.08 bits per heavy atom. The zero-order chi connectivity index (χ0) is 19.1. The van der Waals surface area contributed by atoms with Crippen molar-refractivity contribution >= 4 is 15.9 Å². The lowest BCUT2D eigenvalue weighted by Crippen LogP contribution is -2.51. The molecular weight excluding hydrogens is 354 g/mol. The number of benzene rings is 1. The summed E-state index contributed by atoms with van der Waals surface area (Å²) in [5.74, 6) is 0.628. The molecule has 0 radical (unpaired) electrons. The van der Waals surface area contributed by atoms with Gasteiger partial charge in [-0.15, -0.1) is 0 Å². The molecule has 144 valence electrons. The van der Waals surface area contributed by atoms with Gasteiger partial charge >= 0.3 is 6.09 Å². The van der Waals surface area contributed by atoms with Gasteiger partial charge in [-0.2, -0.15) is 0 Å². The highest BCUT2D eigenvalue weighted by Gasteiger charge is 2.48. The fourth-order valence-electron chi connectivity index (χ4n) is 3.95. The average molecular weight is 381 g/mol. The van der Waals surface area contributed by atoms with Gasteiger partial charge in [-0.05, 0) is 70.7 Å². The summed E-state index contributed by atoms with van der Waals surface area (Å²) in [6.07, 6.45) is 2.26. The van der Waals surface area contributed by atoms with Crippen molar-refractivity contribution in [3.8, 4) is 5.75 Å². The van der Waals surface area contributed by atoms with Crippen LogP contribution in [0.5, 0.6) is 5.75 Å². The maximum atomic E-state index is 13.0. The van der Waals surface area contributed by atoms with Crippen molar-refractivity contribution in [3.05, 3.63) is 24.3 Å². The first-order valence-electron chi connectivity index (χ1n) is 9.01. The second-order valence-electron chi connectivity index (χ2n) is 8.09. The van der Waals surface area contributed by atoms with Crippen molar-refractivity contribution < 1.29 is 22.7 Å². The summed E-state index contributed by atoms with van der Waals surface area (Å²) >= 11 is 0. The number of piperidine rings is 1. The summed E-state index contributed by atoms with van der Waals surface area (Å²) < 4.78 is 36.7. The van der Waals surface area contributed by atoms with Gasteiger partial charge < -0.3 is 14.4 Å². The lowest BCUT2D eigenvalue weighted by Gasteiger charge is -2.39. The molecule has 2 aliphatic rings. The van der Waals surface area contributed by atoms with Crippen LogP contribution >= 0.6 is 0 Å². The first-order chi connectivity index (χ1) is 12.1. The van der Waals surface area contributed by atoms with Crippen molar-refractivity contribution in [2.75, 3.05) is 7.11 Å². The van der Waals surface area contributed by atoms with Crippen LogP contribution in [-0.4, -0.2) is 49.5 Å². The van der Waals surface area contributed by atoms with Crippen LogP contribution in [-0.2, 0) is 14.6 Å². The van der Waals surface area contributed by atoms with Gasteiger partial charge in [-0.1, -0.05) is 0 Å². The molecule has 1 aromatic rings. The molecule has 2 aliphatic heterocycles. The highest BCUT2D eigenvalue weighted by atomic mass is 32.2. The molecule has 3 rings (SSSR count). The van der Waals surface area contributed by atoms with E-state index < -0.39 is 20.7 Å². The van der Waals surface area contributed by atoms with E-state index in [-0.39, 0.29) is 18.2 Å². The molecule has 26 heavy (non-hydrogen) atoms. The number of sulfone groups is 1. The van der Waals surface area contributed by atoms with Gasteiger partial charge in [0.1, 0.15) is 11.4 Å². The second-order valence-corrected chi connectivity index (χ2v) is 10.3. The lowest BCUT2D eigenvalue weighted by atomic mass is 10.0. The molecule has 0 saturated carbocycles. The lowest BCUT2D eigenvalue weighted by molar-refractivity contribution is 0.00813. The van der Waals surface area contributed by atoms with E-state index in [0.29, 0.717) is 23.5 Å². The Bertz CT molecular complexity index is 752. The van der Waals surface area contributed by atoms with Crippen molar-refractivity contribution in [2.45, 2.75) is 74.3 Å². The smallest absolute Gasteiger partial charge is 0.410 e. The standard InChI is InChI=1S/C19H27NO5S/c1-19(2,3)25-18(21)20-13-5-6-14(20)12-17(11-13)26(22,23)16-9-7-15(24-4)8-10-16/h7-10,13-14,17H,5-6,11-12H2,1-4H3/t13-,14+,17?. The molecule has 2 saturated heterocycles. The highest BCUT2D eigenvalue weighted by Crippen LogP contribution is 2.40. The number of carbonyl (C=O) groups excluding carboxylic acids is 1. The number of rotatable bonds is 3. The molecule has 2 fully saturated rings. The maximum Gasteiger partial charge on any atom is 0.410 e. The number of fused-ring (bicyclic) bond motifs is 2. The molecule has 2 bridgehead atoms. The van der Waals surface area contributed by atoms with E-state index in [1.165, 1.54) is 0 Å². The SMILES string of the molecule is COc1ccc(S(=O)(=O)C2C[C@H]3CC[C@@H](C2)N3C(=O)OC(C)(C)C)cc1. The van der Waals surface area contributed by atoms with Crippen molar-refractivity contribution in [3.63, 3.8) is 0 Å². The van der Waals surface area contributed by atoms with Crippen molar-refractivity contribution in [2.24, 2.45) is 0 Å². The van der Waals surface area contributed by atoms with E-state index >= 15 is 0 Å². The molecule has 0 N–H and O–H groups in total. The highest BCUT2D eigenvalue weighted by molar-refractivity contribution is 7.92. The fourth-order valence-corrected chi connectivity index (χ4v) is 5.80. The van der Waals surface area contributed by atoms with Crippen LogP contribution < -0.4 is 4.74 Å². The first-order valence-corrected chi connectivity index (χ1v) is 10.6. The molecule has 2 heterocycles. The Labute approximate surface area is 155 Å². The normalized spacial score (nSPS) is 25.8. The van der Waals surface area contributed by atoms with Gasteiger partial charge in [0.15, 0.2) is 9.84 Å². The van der Waals surface area contributed by atoms with E-state index in [9.17, 15) is 13.2 Å². The number of amides is 1. The minimum absolute atomic E-state index is 0.0679. The van der Waals surface area contributed by atoms with Crippen LogP contribution in [0.1, 0.15) is 46.5 Å². The predicted molar refractivity (Wildman–Crippen MR) is 98.1 cm³/mol. The third-order valence-corrected chi connectivity index (χ3v) is 7.31. The summed E-state index contributed by atoms with van der Waals surface area (Å²) in [6, 6.07) is 6.38. The predicted octanol–water partition coefficient (Wildman–Crippen LogP) is 3.40. The first kappa shape index (κ1) is 19.0. The monoisotopic (exact) mass is 381 g/mol. The van der Waals surface area contributed by atoms with Gasteiger partial charge in [0.2, 0.25) is 0 Å². The van der Waals surface area contributed by atoms with E-state index in [2.05, 4.69) is 0 Å². The van der Waals surface area contributed by atoms with Crippen LogP contribution in [0.25, 0.3) is 0 Å². The van der Waals surface area contributed by atoms with Gasteiger partial charge in [0.05, 0.1) is 17.3 Å². The van der Waals surface area contributed by atoms with Gasteiger partial charge in [0.25, 0.3) is 0 Å². The fraction of sp³-hybridized carbons (Fsp3) is 0.632. The molecule has 1 unspecified atom stereocenters. The van der Waals surface area contributed by atoms with Crippen LogP contribution in [0, 0.1) is 0 Å². The van der Waals surface area contributed by atoms with Crippen LogP contribution in [0.2, 0.25) is 0 Å². The Morgan fingerprint density at radius 2 is 1.62 bits per heavy atom. The third kappa shape index (κ3) is 3.68. The quantitative estimate of drug-likeness (QED) is 0.802. The van der Waals surface area contributed by atoms with Gasteiger partial charge in [-0.3, -0.25) is 0 Å².